The first kappa shape index (κ1) is 16.6. The maximum atomic E-state index is 11.3. The molecule has 1 saturated heterocycles. The van der Waals surface area contributed by atoms with Gasteiger partial charge in [0.2, 0.25) is 0 Å². The molecule has 0 radical (unpaired) electrons. The zero-order valence-electron chi connectivity index (χ0n) is 15.4. The van der Waals surface area contributed by atoms with Crippen molar-refractivity contribution in [2.24, 2.45) is 10.8 Å². The lowest BCUT2D eigenvalue weighted by atomic mass is 9.81. The second-order valence-corrected chi connectivity index (χ2v) is 8.65. The Hall–Kier alpha value is -1.91. The van der Waals surface area contributed by atoms with Gasteiger partial charge in [0, 0.05) is 24.4 Å². The maximum Gasteiger partial charge on any atom is 0.314 e. The molecule has 1 aromatic carbocycles. The van der Waals surface area contributed by atoms with E-state index in [0.717, 1.165) is 17.9 Å². The molecule has 1 aliphatic heterocycles. The van der Waals surface area contributed by atoms with Gasteiger partial charge in [-0.3, -0.25) is 0 Å². The summed E-state index contributed by atoms with van der Waals surface area (Å²) in [7, 11) is 1.69. The van der Waals surface area contributed by atoms with Crippen LogP contribution in [0.1, 0.15) is 51.0 Å². The summed E-state index contributed by atoms with van der Waals surface area (Å²) in [6.45, 7) is 6.06. The van der Waals surface area contributed by atoms with Gasteiger partial charge < -0.3 is 20.1 Å². The Morgan fingerprint density at radius 3 is 2.48 bits per heavy atom. The van der Waals surface area contributed by atoms with Gasteiger partial charge in [-0.25, -0.2) is 4.79 Å². The van der Waals surface area contributed by atoms with Gasteiger partial charge in [-0.05, 0) is 48.8 Å². The zero-order valence-corrected chi connectivity index (χ0v) is 15.4. The van der Waals surface area contributed by atoms with E-state index in [2.05, 4.69) is 36.6 Å². The highest BCUT2D eigenvalue weighted by Crippen LogP contribution is 2.62. The van der Waals surface area contributed by atoms with Crippen molar-refractivity contribution in [1.29, 1.82) is 0 Å². The third-order valence-electron chi connectivity index (χ3n) is 6.53. The molecule has 0 spiro atoms. The van der Waals surface area contributed by atoms with Crippen molar-refractivity contribution in [2.75, 3.05) is 20.2 Å². The Bertz CT molecular complexity index is 682. The molecular formula is C20H28N2O3. The van der Waals surface area contributed by atoms with Crippen molar-refractivity contribution < 1.29 is 14.3 Å². The SMILES string of the molecule is COc1ccc(C2CNC(=O)NC2)cc1O[C@H]1C[C@@]2(C)CC[C@@]1(C)C2. The van der Waals surface area contributed by atoms with Crippen LogP contribution in [0, 0.1) is 10.8 Å². The molecule has 4 rings (SSSR count). The average Bonchev–Trinajstić information content (AvgIpc) is 3.03. The lowest BCUT2D eigenvalue weighted by molar-refractivity contribution is 0.0659. The van der Waals surface area contributed by atoms with E-state index >= 15 is 0 Å². The largest absolute Gasteiger partial charge is 0.493 e. The minimum Gasteiger partial charge on any atom is -0.493 e. The van der Waals surface area contributed by atoms with E-state index in [1.807, 2.05) is 6.07 Å². The van der Waals surface area contributed by atoms with Crippen LogP contribution in [0.15, 0.2) is 18.2 Å². The van der Waals surface area contributed by atoms with Crippen LogP contribution >= 0.6 is 0 Å². The zero-order chi connectivity index (χ0) is 17.7. The molecule has 2 N–H and O–H groups in total. The maximum absolute atomic E-state index is 11.3. The van der Waals surface area contributed by atoms with Crippen molar-refractivity contribution >= 4 is 6.03 Å². The molecule has 2 aliphatic carbocycles. The lowest BCUT2D eigenvalue weighted by Gasteiger charge is -2.33. The van der Waals surface area contributed by atoms with Crippen molar-refractivity contribution in [3.63, 3.8) is 0 Å². The predicted octanol–water partition coefficient (Wildman–Crippen LogP) is 3.44. The van der Waals surface area contributed by atoms with E-state index in [1.165, 1.54) is 24.8 Å². The van der Waals surface area contributed by atoms with E-state index in [-0.39, 0.29) is 23.5 Å². The summed E-state index contributed by atoms with van der Waals surface area (Å²) in [5.41, 5.74) is 1.88. The van der Waals surface area contributed by atoms with Gasteiger partial charge in [-0.2, -0.15) is 0 Å². The van der Waals surface area contributed by atoms with E-state index in [0.29, 0.717) is 18.5 Å². The van der Waals surface area contributed by atoms with Gasteiger partial charge in [-0.1, -0.05) is 19.9 Å². The molecule has 1 aromatic rings. The molecule has 3 atom stereocenters. The fourth-order valence-electron chi connectivity index (χ4n) is 5.06. The number of fused-ring (bicyclic) bond motifs is 2. The first-order valence-electron chi connectivity index (χ1n) is 9.27. The van der Waals surface area contributed by atoms with Gasteiger partial charge in [0.25, 0.3) is 0 Å². The van der Waals surface area contributed by atoms with Crippen molar-refractivity contribution in [3.05, 3.63) is 23.8 Å². The first-order valence-corrected chi connectivity index (χ1v) is 9.27. The van der Waals surface area contributed by atoms with E-state index in [9.17, 15) is 4.79 Å². The molecule has 3 fully saturated rings. The highest BCUT2D eigenvalue weighted by molar-refractivity contribution is 5.75. The molecule has 136 valence electrons. The summed E-state index contributed by atoms with van der Waals surface area (Å²) < 4.78 is 12.1. The number of benzene rings is 1. The summed E-state index contributed by atoms with van der Waals surface area (Å²) in [4.78, 5) is 11.3. The molecule has 2 amide bonds. The number of nitrogens with one attached hydrogen (secondary N) is 2. The normalized spacial score (nSPS) is 34.5. The Labute approximate surface area is 149 Å². The Morgan fingerprint density at radius 2 is 1.88 bits per heavy atom. The second-order valence-electron chi connectivity index (χ2n) is 8.65. The van der Waals surface area contributed by atoms with Crippen LogP contribution < -0.4 is 20.1 Å². The Balaban J connectivity index is 1.56. The summed E-state index contributed by atoms with van der Waals surface area (Å²) in [5.74, 6) is 1.87. The topological polar surface area (TPSA) is 59.6 Å². The van der Waals surface area contributed by atoms with Gasteiger partial charge in [0.15, 0.2) is 11.5 Å². The number of amides is 2. The third kappa shape index (κ3) is 2.94. The fraction of sp³-hybridized carbons (Fsp3) is 0.650. The van der Waals surface area contributed by atoms with Crippen LogP contribution in [0.4, 0.5) is 4.79 Å². The minimum atomic E-state index is -0.0932. The third-order valence-corrected chi connectivity index (χ3v) is 6.53. The molecule has 0 unspecified atom stereocenters. The standard InChI is InChI=1S/C20H28N2O3/c1-19-6-7-20(2,12-19)17(9-19)25-16-8-13(4-5-15(16)24-3)14-10-21-18(23)22-11-14/h4-5,8,14,17H,6-7,9-12H2,1-3H3,(H2,21,22,23)/t17-,19+,20-/m0/s1. The number of hydrogen-bond acceptors (Lipinski definition) is 3. The highest BCUT2D eigenvalue weighted by Gasteiger charge is 2.56. The van der Waals surface area contributed by atoms with Gasteiger partial charge in [-0.15, -0.1) is 0 Å². The molecule has 1 heterocycles. The fourth-order valence-corrected chi connectivity index (χ4v) is 5.06. The first-order chi connectivity index (χ1) is 11.9. The molecule has 2 saturated carbocycles. The number of urea groups is 1. The number of rotatable bonds is 4. The molecule has 2 bridgehead atoms. The molecule has 25 heavy (non-hydrogen) atoms. The van der Waals surface area contributed by atoms with Crippen molar-refractivity contribution in [1.82, 2.24) is 10.6 Å². The number of carbonyl (C=O) groups excluding carboxylic acids is 1. The molecular weight excluding hydrogens is 316 g/mol. The molecule has 5 nitrogen and oxygen atoms in total. The predicted molar refractivity (Wildman–Crippen MR) is 96.2 cm³/mol. The van der Waals surface area contributed by atoms with Gasteiger partial charge in [0.05, 0.1) is 7.11 Å². The molecule has 5 heteroatoms. The molecule has 3 aliphatic rings. The van der Waals surface area contributed by atoms with Gasteiger partial charge >= 0.3 is 6.03 Å². The molecule has 0 aromatic heterocycles. The number of carbonyl (C=O) groups is 1. The van der Waals surface area contributed by atoms with E-state index in [1.54, 1.807) is 7.11 Å². The summed E-state index contributed by atoms with van der Waals surface area (Å²) in [6, 6.07) is 6.06. The van der Waals surface area contributed by atoms with E-state index in [4.69, 9.17) is 9.47 Å². The number of hydrogen-bond donors (Lipinski definition) is 2. The summed E-state index contributed by atoms with van der Waals surface area (Å²) in [5, 5.41) is 5.73. The quantitative estimate of drug-likeness (QED) is 0.880. The van der Waals surface area contributed by atoms with Crippen LogP contribution in [0.2, 0.25) is 0 Å². The van der Waals surface area contributed by atoms with Crippen molar-refractivity contribution in [3.8, 4) is 11.5 Å². The van der Waals surface area contributed by atoms with E-state index < -0.39 is 0 Å². The highest BCUT2D eigenvalue weighted by atomic mass is 16.5. The Morgan fingerprint density at radius 1 is 1.12 bits per heavy atom. The number of ether oxygens (including phenoxy) is 2. The van der Waals surface area contributed by atoms with Crippen LogP contribution in [-0.4, -0.2) is 32.3 Å². The van der Waals surface area contributed by atoms with Crippen LogP contribution in [-0.2, 0) is 0 Å². The van der Waals surface area contributed by atoms with Crippen LogP contribution in [0.25, 0.3) is 0 Å². The number of methoxy groups -OCH3 is 1. The minimum absolute atomic E-state index is 0.0932. The lowest BCUT2D eigenvalue weighted by Crippen LogP contribution is -2.47. The average molecular weight is 344 g/mol. The summed E-state index contributed by atoms with van der Waals surface area (Å²) >= 11 is 0. The van der Waals surface area contributed by atoms with Crippen LogP contribution in [0.5, 0.6) is 11.5 Å². The van der Waals surface area contributed by atoms with Gasteiger partial charge in [0.1, 0.15) is 6.10 Å². The summed E-state index contributed by atoms with van der Waals surface area (Å²) in [6.07, 6.45) is 5.19. The smallest absolute Gasteiger partial charge is 0.314 e. The van der Waals surface area contributed by atoms with Crippen LogP contribution in [0.3, 0.4) is 0 Å². The second kappa shape index (κ2) is 5.82. The Kier molecular flexibility index (Phi) is 3.85. The van der Waals surface area contributed by atoms with Crippen molar-refractivity contribution in [2.45, 2.75) is 51.6 Å². The monoisotopic (exact) mass is 344 g/mol.